The Kier molecular flexibility index (Phi) is 8.66. The second-order valence-corrected chi connectivity index (χ2v) is 5.34. The molecular formula is C15H23N3O3S. The Bertz CT molecular complexity index is 639. The number of benzene rings is 2. The molecule has 0 radical (unpaired) electrons. The van der Waals surface area contributed by atoms with Gasteiger partial charge in [0.1, 0.15) is 0 Å². The van der Waals surface area contributed by atoms with Gasteiger partial charge in [0.05, 0.1) is 4.90 Å². The predicted octanol–water partition coefficient (Wildman–Crippen LogP) is 2.85. The van der Waals surface area contributed by atoms with Gasteiger partial charge in [0, 0.05) is 24.1 Å². The molecule has 0 unspecified atom stereocenters. The fraction of sp³-hybridized carbons (Fsp3) is 0.200. The van der Waals surface area contributed by atoms with Gasteiger partial charge in [-0.2, -0.15) is 8.42 Å². The predicted molar refractivity (Wildman–Crippen MR) is 92.4 cm³/mol. The summed E-state index contributed by atoms with van der Waals surface area (Å²) in [6.07, 6.45) is 0. The van der Waals surface area contributed by atoms with E-state index in [0.717, 1.165) is 11.4 Å². The van der Waals surface area contributed by atoms with Crippen molar-refractivity contribution in [3.05, 3.63) is 48.5 Å². The van der Waals surface area contributed by atoms with Gasteiger partial charge >= 0.3 is 0 Å². The molecule has 122 valence electrons. The van der Waals surface area contributed by atoms with Crippen LogP contribution in [0.4, 0.5) is 17.1 Å². The fourth-order valence-corrected chi connectivity index (χ4v) is 1.77. The molecule has 0 heterocycles. The molecule has 2 rings (SSSR count). The molecule has 2 aromatic carbocycles. The molecule has 6 N–H and O–H groups in total. The zero-order valence-electron chi connectivity index (χ0n) is 12.9. The Morgan fingerprint density at radius 3 is 1.55 bits per heavy atom. The van der Waals surface area contributed by atoms with Crippen LogP contribution in [0.2, 0.25) is 0 Å². The molecule has 22 heavy (non-hydrogen) atoms. The van der Waals surface area contributed by atoms with Gasteiger partial charge in [-0.25, -0.2) is 0 Å². The van der Waals surface area contributed by atoms with Crippen LogP contribution in [0.1, 0.15) is 13.8 Å². The summed E-state index contributed by atoms with van der Waals surface area (Å²) in [5.74, 6) is 0. The minimum atomic E-state index is -4.08. The largest absolute Gasteiger partial charge is 0.399 e. The zero-order valence-corrected chi connectivity index (χ0v) is 13.8. The molecule has 2 aromatic rings. The summed E-state index contributed by atoms with van der Waals surface area (Å²) in [5.41, 5.74) is 13.1. The molecule has 0 saturated heterocycles. The van der Waals surface area contributed by atoms with Crippen LogP contribution in [0.3, 0.4) is 0 Å². The van der Waals surface area contributed by atoms with E-state index in [4.69, 9.17) is 16.0 Å². The van der Waals surface area contributed by atoms with E-state index in [2.05, 4.69) is 5.32 Å². The summed E-state index contributed by atoms with van der Waals surface area (Å²) in [4.78, 5) is -0.147. The minimum Gasteiger partial charge on any atom is -0.399 e. The Labute approximate surface area is 131 Å². The van der Waals surface area contributed by atoms with Crippen molar-refractivity contribution in [2.24, 2.45) is 0 Å². The van der Waals surface area contributed by atoms with E-state index < -0.39 is 10.1 Å². The lowest BCUT2D eigenvalue weighted by Crippen LogP contribution is -1.97. The smallest absolute Gasteiger partial charge is 0.294 e. The van der Waals surface area contributed by atoms with E-state index in [1.807, 2.05) is 45.2 Å². The van der Waals surface area contributed by atoms with E-state index in [0.29, 0.717) is 5.69 Å². The minimum absolute atomic E-state index is 0.147. The van der Waals surface area contributed by atoms with Crippen molar-refractivity contribution in [3.63, 3.8) is 0 Å². The normalized spacial score (nSPS) is 9.64. The van der Waals surface area contributed by atoms with Gasteiger partial charge in [0.25, 0.3) is 10.1 Å². The van der Waals surface area contributed by atoms with Crippen LogP contribution in [0, 0.1) is 0 Å². The molecule has 7 heteroatoms. The van der Waals surface area contributed by atoms with Crippen molar-refractivity contribution in [1.29, 1.82) is 0 Å². The second kappa shape index (κ2) is 9.64. The summed E-state index contributed by atoms with van der Waals surface area (Å²) < 4.78 is 29.4. The molecule has 0 aromatic heterocycles. The van der Waals surface area contributed by atoms with Gasteiger partial charge in [0.15, 0.2) is 0 Å². The first kappa shape index (κ1) is 19.8. The third-order valence-corrected chi connectivity index (χ3v) is 3.25. The maximum atomic E-state index is 10.5. The number of anilines is 3. The average Bonchev–Trinajstić information content (AvgIpc) is 2.50. The van der Waals surface area contributed by atoms with E-state index >= 15 is 0 Å². The van der Waals surface area contributed by atoms with Crippen molar-refractivity contribution in [1.82, 2.24) is 0 Å². The summed E-state index contributed by atoms with van der Waals surface area (Å²) in [5, 5.41) is 3.00. The summed E-state index contributed by atoms with van der Waals surface area (Å²) in [6.45, 7) is 4.00. The van der Waals surface area contributed by atoms with Crippen molar-refractivity contribution < 1.29 is 13.0 Å². The molecular weight excluding hydrogens is 302 g/mol. The average molecular weight is 325 g/mol. The first-order valence-corrected chi connectivity index (χ1v) is 8.13. The maximum absolute atomic E-state index is 10.5. The van der Waals surface area contributed by atoms with E-state index in [9.17, 15) is 8.42 Å². The molecule has 0 aliphatic rings. The fourth-order valence-electron chi connectivity index (χ4n) is 1.29. The van der Waals surface area contributed by atoms with Gasteiger partial charge in [-0.15, -0.1) is 0 Å². The van der Waals surface area contributed by atoms with Gasteiger partial charge in [-0.3, -0.25) is 4.55 Å². The van der Waals surface area contributed by atoms with Gasteiger partial charge in [-0.1, -0.05) is 13.8 Å². The molecule has 6 nitrogen and oxygen atoms in total. The van der Waals surface area contributed by atoms with E-state index in [1.165, 1.54) is 24.3 Å². The molecule has 0 aliphatic carbocycles. The molecule has 0 saturated carbocycles. The quantitative estimate of drug-likeness (QED) is 0.498. The highest BCUT2D eigenvalue weighted by atomic mass is 32.2. The first-order valence-electron chi connectivity index (χ1n) is 6.69. The van der Waals surface area contributed by atoms with Crippen molar-refractivity contribution in [2.45, 2.75) is 18.7 Å². The highest BCUT2D eigenvalue weighted by molar-refractivity contribution is 7.85. The van der Waals surface area contributed by atoms with Crippen LogP contribution >= 0.6 is 0 Å². The Balaban J connectivity index is 0.000000366. The van der Waals surface area contributed by atoms with Crippen LogP contribution in [0.25, 0.3) is 0 Å². The van der Waals surface area contributed by atoms with Crippen molar-refractivity contribution in [3.8, 4) is 0 Å². The van der Waals surface area contributed by atoms with Crippen LogP contribution in [-0.2, 0) is 10.1 Å². The zero-order chi connectivity index (χ0) is 17.2. The lowest BCUT2D eigenvalue weighted by molar-refractivity contribution is 0.483. The van der Waals surface area contributed by atoms with Crippen LogP contribution in [-0.4, -0.2) is 20.0 Å². The van der Waals surface area contributed by atoms with Crippen molar-refractivity contribution >= 4 is 27.2 Å². The lowest BCUT2D eigenvalue weighted by Gasteiger charge is -1.97. The van der Waals surface area contributed by atoms with Gasteiger partial charge in [-0.05, 0) is 48.5 Å². The van der Waals surface area contributed by atoms with Crippen LogP contribution in [0.15, 0.2) is 53.4 Å². The second-order valence-electron chi connectivity index (χ2n) is 3.92. The molecule has 0 aliphatic heterocycles. The Hall–Kier alpha value is -2.25. The van der Waals surface area contributed by atoms with Gasteiger partial charge in [0.2, 0.25) is 0 Å². The summed E-state index contributed by atoms with van der Waals surface area (Å²) in [7, 11) is -2.19. The molecule has 0 amide bonds. The van der Waals surface area contributed by atoms with E-state index in [-0.39, 0.29) is 4.90 Å². The lowest BCUT2D eigenvalue weighted by atomic mass is 10.3. The number of hydrogen-bond donors (Lipinski definition) is 4. The highest BCUT2D eigenvalue weighted by Crippen LogP contribution is 2.10. The third kappa shape index (κ3) is 7.51. The SMILES string of the molecule is CC.CNc1ccc(N)cc1.Nc1ccc(S(=O)(=O)O)cc1. The monoisotopic (exact) mass is 325 g/mol. The first-order chi connectivity index (χ1) is 10.3. The number of rotatable bonds is 2. The maximum Gasteiger partial charge on any atom is 0.294 e. The Morgan fingerprint density at radius 1 is 0.864 bits per heavy atom. The number of hydrogen-bond acceptors (Lipinski definition) is 5. The number of nitrogen functional groups attached to an aromatic ring is 2. The standard InChI is InChI=1S/C7H10N2.C6H7NO3S.C2H6/c1-9-7-4-2-6(8)3-5-7;7-5-1-3-6(4-2-5)11(8,9)10;1-2/h2-5,9H,8H2,1H3;1-4H,7H2,(H,8,9,10);1-2H3. The van der Waals surface area contributed by atoms with Crippen LogP contribution in [0.5, 0.6) is 0 Å². The van der Waals surface area contributed by atoms with E-state index in [1.54, 1.807) is 0 Å². The summed E-state index contributed by atoms with van der Waals surface area (Å²) >= 11 is 0. The number of nitrogens with two attached hydrogens (primary N) is 2. The highest BCUT2D eigenvalue weighted by Gasteiger charge is 2.06. The van der Waals surface area contributed by atoms with Gasteiger partial charge < -0.3 is 16.8 Å². The number of nitrogens with one attached hydrogen (secondary N) is 1. The van der Waals surface area contributed by atoms with Crippen LogP contribution < -0.4 is 16.8 Å². The third-order valence-electron chi connectivity index (χ3n) is 2.38. The molecule has 0 spiro atoms. The molecule has 0 bridgehead atoms. The topological polar surface area (TPSA) is 118 Å². The molecule has 0 atom stereocenters. The summed E-state index contributed by atoms with van der Waals surface area (Å²) in [6, 6.07) is 12.9. The van der Waals surface area contributed by atoms with Crippen molar-refractivity contribution in [2.75, 3.05) is 23.8 Å². The Morgan fingerprint density at radius 2 is 1.23 bits per heavy atom. The molecule has 0 fully saturated rings.